The Morgan fingerprint density at radius 1 is 1.07 bits per heavy atom. The Kier molecular flexibility index (Phi) is 6.46. The van der Waals surface area contributed by atoms with E-state index in [0.717, 1.165) is 35.6 Å². The van der Waals surface area contributed by atoms with Crippen molar-refractivity contribution in [2.24, 2.45) is 0 Å². The third-order valence-corrected chi connectivity index (χ3v) is 7.54. The summed E-state index contributed by atoms with van der Waals surface area (Å²) in [5.74, 6) is 0.700. The summed E-state index contributed by atoms with van der Waals surface area (Å²) in [5.41, 5.74) is 1.44. The number of benzene rings is 2. The van der Waals surface area contributed by atoms with Gasteiger partial charge in [0.15, 0.2) is 0 Å². The number of nitrogens with zero attached hydrogens (tertiary/aromatic N) is 2. The third kappa shape index (κ3) is 5.06. The lowest BCUT2D eigenvalue weighted by atomic mass is 10.2. The van der Waals surface area contributed by atoms with Gasteiger partial charge in [0.25, 0.3) is 0 Å². The van der Waals surface area contributed by atoms with E-state index in [1.165, 1.54) is 11.3 Å². The van der Waals surface area contributed by atoms with Gasteiger partial charge in [0.2, 0.25) is 14.2 Å². The molecule has 0 unspecified atom stereocenters. The molecule has 0 fully saturated rings. The first-order valence-corrected chi connectivity index (χ1v) is 11.5. The second-order valence-electron chi connectivity index (χ2n) is 6.23. The van der Waals surface area contributed by atoms with Crippen LogP contribution in [0, 0.1) is 0 Å². The number of hydrogen-bond acceptors (Lipinski definition) is 6. The molecular weight excluding hydrogens is 380 g/mol. The highest BCUT2D eigenvalue weighted by atomic mass is 32.2. The fraction of sp³-hybridized carbons (Fsp3) is 0.350. The van der Waals surface area contributed by atoms with Gasteiger partial charge in [-0.05, 0) is 36.9 Å². The standard InChI is InChI=1S/C20H24N2O3S2/c1-3-22(4-2)12-13-25-17-10-11-18-19(14-17)26-20(21-18)27(23,24)15-16-8-6-5-7-9-16/h5-11,14H,3-4,12-13,15H2,1-2H3. The molecule has 5 nitrogen and oxygen atoms in total. The van der Waals surface area contributed by atoms with Crippen LogP contribution in [0.25, 0.3) is 10.2 Å². The number of rotatable bonds is 9. The fourth-order valence-corrected chi connectivity index (χ4v) is 5.47. The zero-order chi connectivity index (χ0) is 19.3. The Labute approximate surface area is 164 Å². The summed E-state index contributed by atoms with van der Waals surface area (Å²) < 4.78 is 32.2. The highest BCUT2D eigenvalue weighted by Gasteiger charge is 2.20. The Bertz CT molecular complexity index is 981. The minimum atomic E-state index is -3.46. The number of thiazole rings is 1. The zero-order valence-corrected chi connectivity index (χ0v) is 17.2. The van der Waals surface area contributed by atoms with Crippen molar-refractivity contribution in [1.29, 1.82) is 0 Å². The normalized spacial score (nSPS) is 12.0. The van der Waals surface area contributed by atoms with Gasteiger partial charge in [-0.2, -0.15) is 0 Å². The van der Waals surface area contributed by atoms with Gasteiger partial charge in [-0.25, -0.2) is 13.4 Å². The van der Waals surface area contributed by atoms with Crippen molar-refractivity contribution < 1.29 is 13.2 Å². The lowest BCUT2D eigenvalue weighted by Gasteiger charge is -2.17. The SMILES string of the molecule is CCN(CC)CCOc1ccc2nc(S(=O)(=O)Cc3ccccc3)sc2c1. The molecule has 3 aromatic rings. The van der Waals surface area contributed by atoms with Crippen LogP contribution < -0.4 is 4.74 Å². The summed E-state index contributed by atoms with van der Waals surface area (Å²) in [5, 5.41) is 0. The molecular formula is C20H24N2O3S2. The quantitative estimate of drug-likeness (QED) is 0.540. The number of aromatic nitrogens is 1. The average Bonchev–Trinajstić information content (AvgIpc) is 3.10. The maximum Gasteiger partial charge on any atom is 0.210 e. The molecule has 1 heterocycles. The molecule has 0 amide bonds. The van der Waals surface area contributed by atoms with Gasteiger partial charge in [0, 0.05) is 6.54 Å². The molecule has 0 spiro atoms. The van der Waals surface area contributed by atoms with Gasteiger partial charge in [-0.15, -0.1) is 11.3 Å². The van der Waals surface area contributed by atoms with Crippen LogP contribution in [-0.2, 0) is 15.6 Å². The molecule has 7 heteroatoms. The fourth-order valence-electron chi connectivity index (χ4n) is 2.79. The van der Waals surface area contributed by atoms with Gasteiger partial charge in [-0.1, -0.05) is 44.2 Å². The highest BCUT2D eigenvalue weighted by molar-refractivity contribution is 7.92. The first kappa shape index (κ1) is 19.8. The van der Waals surface area contributed by atoms with Crippen LogP contribution in [0.3, 0.4) is 0 Å². The number of ether oxygens (including phenoxy) is 1. The van der Waals surface area contributed by atoms with Crippen molar-refractivity contribution in [3.63, 3.8) is 0 Å². The Morgan fingerprint density at radius 2 is 1.81 bits per heavy atom. The molecule has 2 aromatic carbocycles. The first-order chi connectivity index (χ1) is 13.0. The van der Waals surface area contributed by atoms with E-state index >= 15 is 0 Å². The van der Waals surface area contributed by atoms with Gasteiger partial charge < -0.3 is 9.64 Å². The van der Waals surface area contributed by atoms with Crippen LogP contribution in [0.5, 0.6) is 5.75 Å². The molecule has 0 saturated heterocycles. The number of hydrogen-bond donors (Lipinski definition) is 0. The Hall–Kier alpha value is -1.96. The van der Waals surface area contributed by atoms with E-state index in [9.17, 15) is 8.42 Å². The van der Waals surface area contributed by atoms with E-state index in [1.54, 1.807) is 0 Å². The summed E-state index contributed by atoms with van der Waals surface area (Å²) in [4.78, 5) is 6.61. The van der Waals surface area contributed by atoms with Crippen molar-refractivity contribution in [2.75, 3.05) is 26.2 Å². The van der Waals surface area contributed by atoms with Crippen LogP contribution in [0.15, 0.2) is 52.9 Å². The number of sulfone groups is 1. The van der Waals surface area contributed by atoms with Crippen LogP contribution in [-0.4, -0.2) is 44.5 Å². The molecule has 0 bridgehead atoms. The van der Waals surface area contributed by atoms with Crippen LogP contribution in [0.2, 0.25) is 0 Å². The van der Waals surface area contributed by atoms with Crippen molar-refractivity contribution in [3.8, 4) is 5.75 Å². The summed E-state index contributed by atoms with van der Waals surface area (Å²) in [7, 11) is -3.46. The van der Waals surface area contributed by atoms with Gasteiger partial charge in [0.05, 0.1) is 16.0 Å². The maximum absolute atomic E-state index is 12.7. The van der Waals surface area contributed by atoms with Crippen molar-refractivity contribution in [2.45, 2.75) is 23.9 Å². The van der Waals surface area contributed by atoms with Gasteiger partial charge in [-0.3, -0.25) is 0 Å². The van der Waals surface area contributed by atoms with E-state index in [0.29, 0.717) is 12.1 Å². The Morgan fingerprint density at radius 3 is 2.52 bits per heavy atom. The molecule has 27 heavy (non-hydrogen) atoms. The molecule has 0 saturated carbocycles. The van der Waals surface area contributed by atoms with Gasteiger partial charge in [0.1, 0.15) is 12.4 Å². The first-order valence-electron chi connectivity index (χ1n) is 9.04. The lowest BCUT2D eigenvalue weighted by molar-refractivity contribution is 0.223. The molecule has 0 N–H and O–H groups in total. The Balaban J connectivity index is 1.73. The molecule has 0 aliphatic heterocycles. The molecule has 0 aliphatic rings. The average molecular weight is 405 g/mol. The van der Waals surface area contributed by atoms with Crippen molar-refractivity contribution in [3.05, 3.63) is 54.1 Å². The van der Waals surface area contributed by atoms with Crippen LogP contribution in [0.1, 0.15) is 19.4 Å². The molecule has 0 aliphatic carbocycles. The third-order valence-electron chi connectivity index (χ3n) is 4.38. The van der Waals surface area contributed by atoms with Gasteiger partial charge >= 0.3 is 0 Å². The smallest absolute Gasteiger partial charge is 0.210 e. The number of likely N-dealkylation sites (N-methyl/N-ethyl adjacent to an activating group) is 1. The largest absolute Gasteiger partial charge is 0.492 e. The summed E-state index contributed by atoms with van der Waals surface area (Å²) in [6, 6.07) is 14.7. The lowest BCUT2D eigenvalue weighted by Crippen LogP contribution is -2.27. The van der Waals surface area contributed by atoms with Crippen LogP contribution >= 0.6 is 11.3 Å². The predicted molar refractivity (Wildman–Crippen MR) is 110 cm³/mol. The van der Waals surface area contributed by atoms with E-state index in [4.69, 9.17) is 4.74 Å². The van der Waals surface area contributed by atoms with E-state index in [1.807, 2.05) is 48.5 Å². The van der Waals surface area contributed by atoms with Crippen molar-refractivity contribution in [1.82, 2.24) is 9.88 Å². The molecule has 0 radical (unpaired) electrons. The molecule has 3 rings (SSSR count). The second kappa shape index (κ2) is 8.82. The second-order valence-corrected chi connectivity index (χ2v) is 9.42. The highest BCUT2D eigenvalue weighted by Crippen LogP contribution is 2.30. The molecule has 144 valence electrons. The maximum atomic E-state index is 12.7. The zero-order valence-electron chi connectivity index (χ0n) is 15.6. The van der Waals surface area contributed by atoms with E-state index in [2.05, 4.69) is 23.7 Å². The van der Waals surface area contributed by atoms with Crippen LogP contribution in [0.4, 0.5) is 0 Å². The summed E-state index contributed by atoms with van der Waals surface area (Å²) >= 11 is 1.20. The minimum Gasteiger partial charge on any atom is -0.492 e. The van der Waals surface area contributed by atoms with E-state index in [-0.39, 0.29) is 10.1 Å². The summed E-state index contributed by atoms with van der Waals surface area (Å²) in [6.07, 6.45) is 0. The minimum absolute atomic E-state index is 0.0408. The topological polar surface area (TPSA) is 59.5 Å². The monoisotopic (exact) mass is 404 g/mol. The van der Waals surface area contributed by atoms with E-state index < -0.39 is 9.84 Å². The number of fused-ring (bicyclic) bond motifs is 1. The summed E-state index contributed by atoms with van der Waals surface area (Å²) in [6.45, 7) is 7.72. The molecule has 1 aromatic heterocycles. The predicted octanol–water partition coefficient (Wildman–Crippen LogP) is 3.99. The van der Waals surface area contributed by atoms with Crippen molar-refractivity contribution >= 4 is 31.4 Å². The molecule has 0 atom stereocenters.